The van der Waals surface area contributed by atoms with Gasteiger partial charge in [0.2, 0.25) is 11.1 Å². The van der Waals surface area contributed by atoms with Gasteiger partial charge in [-0.1, -0.05) is 48.2 Å². The van der Waals surface area contributed by atoms with Gasteiger partial charge in [-0.15, -0.1) is 10.2 Å². The number of para-hydroxylation sites is 1. The van der Waals surface area contributed by atoms with Gasteiger partial charge in [0, 0.05) is 0 Å². The van der Waals surface area contributed by atoms with Crippen molar-refractivity contribution in [3.63, 3.8) is 0 Å². The monoisotopic (exact) mass is 427 g/mol. The Kier molecular flexibility index (Phi) is 6.18. The van der Waals surface area contributed by atoms with Crippen molar-refractivity contribution in [1.29, 1.82) is 0 Å². The van der Waals surface area contributed by atoms with Gasteiger partial charge in [-0.25, -0.2) is 9.07 Å². The van der Waals surface area contributed by atoms with E-state index in [0.717, 1.165) is 19.3 Å². The molecule has 1 atom stereocenters. The Balaban J connectivity index is 1.31. The Morgan fingerprint density at radius 2 is 2.03 bits per heavy atom. The predicted molar refractivity (Wildman–Crippen MR) is 112 cm³/mol. The van der Waals surface area contributed by atoms with Crippen LogP contribution in [0.25, 0.3) is 0 Å². The molecule has 30 heavy (non-hydrogen) atoms. The molecule has 9 heteroatoms. The fraction of sp³-hybridized carbons (Fsp3) is 0.286. The van der Waals surface area contributed by atoms with Crippen LogP contribution in [0, 0.1) is 5.82 Å². The number of hydrogen-bond acceptors (Lipinski definition) is 6. The number of aryl methyl sites for hydroxylation is 1. The highest BCUT2D eigenvalue weighted by molar-refractivity contribution is 7.99. The Labute approximate surface area is 177 Å². The van der Waals surface area contributed by atoms with E-state index >= 15 is 0 Å². The number of ether oxygens (including phenoxy) is 1. The minimum atomic E-state index is -0.462. The molecule has 1 aromatic heterocycles. The van der Waals surface area contributed by atoms with E-state index in [1.165, 1.54) is 39.7 Å². The summed E-state index contributed by atoms with van der Waals surface area (Å²) in [5.74, 6) is 6.07. The highest BCUT2D eigenvalue weighted by Gasteiger charge is 2.22. The van der Waals surface area contributed by atoms with Crippen molar-refractivity contribution in [1.82, 2.24) is 20.2 Å². The van der Waals surface area contributed by atoms with E-state index < -0.39 is 5.82 Å². The van der Waals surface area contributed by atoms with Crippen molar-refractivity contribution in [2.45, 2.75) is 37.1 Å². The lowest BCUT2D eigenvalue weighted by atomic mass is 9.88. The van der Waals surface area contributed by atoms with Crippen LogP contribution in [0.5, 0.6) is 5.75 Å². The number of carbonyl (C=O) groups is 1. The van der Waals surface area contributed by atoms with E-state index in [4.69, 9.17) is 10.6 Å². The molecule has 0 bridgehead atoms. The van der Waals surface area contributed by atoms with Gasteiger partial charge in [0.1, 0.15) is 6.61 Å². The van der Waals surface area contributed by atoms with Crippen molar-refractivity contribution >= 4 is 17.7 Å². The van der Waals surface area contributed by atoms with E-state index in [2.05, 4.69) is 27.6 Å². The normalized spacial score (nSPS) is 15.4. The van der Waals surface area contributed by atoms with E-state index in [0.29, 0.717) is 11.0 Å². The third-order valence-electron chi connectivity index (χ3n) is 4.97. The molecule has 3 N–H and O–H groups in total. The summed E-state index contributed by atoms with van der Waals surface area (Å²) >= 11 is 1.19. The van der Waals surface area contributed by atoms with Crippen molar-refractivity contribution in [2.75, 3.05) is 11.6 Å². The maximum atomic E-state index is 13.6. The first kappa shape index (κ1) is 20.2. The highest BCUT2D eigenvalue weighted by atomic mass is 32.2. The lowest BCUT2D eigenvalue weighted by molar-refractivity contribution is -0.119. The van der Waals surface area contributed by atoms with Crippen LogP contribution >= 0.6 is 11.8 Å². The largest absolute Gasteiger partial charge is 0.482 e. The van der Waals surface area contributed by atoms with Crippen LogP contribution in [0.4, 0.5) is 4.39 Å². The summed E-state index contributed by atoms with van der Waals surface area (Å²) in [7, 11) is 0. The van der Waals surface area contributed by atoms with Crippen molar-refractivity contribution < 1.29 is 13.9 Å². The molecule has 1 heterocycles. The molecule has 0 radical (unpaired) electrons. The number of benzene rings is 2. The van der Waals surface area contributed by atoms with E-state index in [9.17, 15) is 9.18 Å². The van der Waals surface area contributed by atoms with Crippen LogP contribution in [0.2, 0.25) is 0 Å². The average molecular weight is 428 g/mol. The molecule has 4 rings (SSSR count). The molecule has 0 unspecified atom stereocenters. The average Bonchev–Trinajstić information content (AvgIpc) is 3.11. The van der Waals surface area contributed by atoms with E-state index in [1.807, 2.05) is 12.1 Å². The summed E-state index contributed by atoms with van der Waals surface area (Å²) < 4.78 is 20.3. The molecule has 1 aliphatic rings. The molecule has 0 saturated heterocycles. The number of rotatable bonds is 7. The second kappa shape index (κ2) is 9.17. The number of carbonyl (C=O) groups excluding carboxylic acids is 1. The second-order valence-corrected chi connectivity index (χ2v) is 7.93. The minimum Gasteiger partial charge on any atom is -0.482 e. The standard InChI is InChI=1S/C21H22FN5O2S/c22-16-9-3-4-11-18(16)29-12-19-25-26-21(27(19)23)30-13-20(28)24-17-10-5-7-14-6-1-2-8-15(14)17/h1-4,6,8-9,11,17H,5,7,10,12-13,23H2,(H,24,28)/t17-/m1/s1. The number of thioether (sulfide) groups is 1. The summed E-state index contributed by atoms with van der Waals surface area (Å²) in [5.41, 5.74) is 2.49. The molecule has 0 spiro atoms. The Morgan fingerprint density at radius 3 is 2.90 bits per heavy atom. The lowest BCUT2D eigenvalue weighted by Gasteiger charge is -2.26. The van der Waals surface area contributed by atoms with Crippen molar-refractivity contribution in [2.24, 2.45) is 0 Å². The Bertz CT molecular complexity index is 1040. The number of nitrogen functional groups attached to an aromatic ring is 1. The first-order chi connectivity index (χ1) is 14.6. The molecular weight excluding hydrogens is 405 g/mol. The molecule has 0 fully saturated rings. The van der Waals surface area contributed by atoms with Crippen LogP contribution in [0.1, 0.15) is 35.8 Å². The number of hydrogen-bond donors (Lipinski definition) is 2. The zero-order valence-electron chi connectivity index (χ0n) is 16.3. The van der Waals surface area contributed by atoms with E-state index in [-0.39, 0.29) is 30.1 Å². The summed E-state index contributed by atoms with van der Waals surface area (Å²) in [6.45, 7) is -0.0317. The fourth-order valence-electron chi connectivity index (χ4n) is 3.48. The molecule has 7 nitrogen and oxygen atoms in total. The zero-order valence-corrected chi connectivity index (χ0v) is 17.1. The molecule has 156 valence electrons. The molecule has 2 aromatic carbocycles. The Morgan fingerprint density at radius 1 is 1.23 bits per heavy atom. The van der Waals surface area contributed by atoms with Crippen LogP contribution in [0.15, 0.2) is 53.7 Å². The summed E-state index contributed by atoms with van der Waals surface area (Å²) in [6.07, 6.45) is 3.03. The number of aromatic nitrogens is 3. The van der Waals surface area contributed by atoms with Crippen molar-refractivity contribution in [3.05, 3.63) is 71.3 Å². The summed E-state index contributed by atoms with van der Waals surface area (Å²) in [6, 6.07) is 14.3. The zero-order chi connectivity index (χ0) is 20.9. The van der Waals surface area contributed by atoms with Gasteiger partial charge >= 0.3 is 0 Å². The first-order valence-electron chi connectivity index (χ1n) is 9.68. The number of nitrogens with zero attached hydrogens (tertiary/aromatic N) is 3. The van der Waals surface area contributed by atoms with Gasteiger partial charge in [0.15, 0.2) is 17.4 Å². The smallest absolute Gasteiger partial charge is 0.230 e. The Hall–Kier alpha value is -3.07. The van der Waals surface area contributed by atoms with Gasteiger partial charge in [-0.2, -0.15) is 0 Å². The van der Waals surface area contributed by atoms with E-state index in [1.54, 1.807) is 12.1 Å². The second-order valence-electron chi connectivity index (χ2n) is 6.99. The highest BCUT2D eigenvalue weighted by Crippen LogP contribution is 2.29. The maximum Gasteiger partial charge on any atom is 0.230 e. The first-order valence-corrected chi connectivity index (χ1v) is 10.7. The van der Waals surface area contributed by atoms with Crippen molar-refractivity contribution in [3.8, 4) is 5.75 Å². The van der Waals surface area contributed by atoms with Crippen LogP contribution < -0.4 is 15.9 Å². The molecule has 3 aromatic rings. The predicted octanol–water partition coefficient (Wildman–Crippen LogP) is 3.00. The number of nitrogens with two attached hydrogens (primary N) is 1. The molecule has 1 amide bonds. The van der Waals surface area contributed by atoms with Gasteiger partial charge < -0.3 is 15.9 Å². The SMILES string of the molecule is Nn1c(COc2ccccc2F)nnc1SCC(=O)N[C@@H]1CCCc2ccccc21. The van der Waals surface area contributed by atoms with Gasteiger partial charge in [-0.3, -0.25) is 4.79 Å². The third-order valence-corrected chi connectivity index (χ3v) is 5.91. The van der Waals surface area contributed by atoms with Gasteiger partial charge in [-0.05, 0) is 42.5 Å². The number of amides is 1. The maximum absolute atomic E-state index is 13.6. The molecular formula is C21H22FN5O2S. The molecule has 1 aliphatic carbocycles. The number of fused-ring (bicyclic) bond motifs is 1. The van der Waals surface area contributed by atoms with Crippen LogP contribution in [-0.4, -0.2) is 26.5 Å². The quantitative estimate of drug-likeness (QED) is 0.445. The van der Waals surface area contributed by atoms with Crippen LogP contribution in [-0.2, 0) is 17.8 Å². The fourth-order valence-corrected chi connectivity index (χ4v) is 4.16. The van der Waals surface area contributed by atoms with Gasteiger partial charge in [0.25, 0.3) is 0 Å². The summed E-state index contributed by atoms with van der Waals surface area (Å²) in [5, 5.41) is 11.5. The number of nitrogens with one attached hydrogen (secondary N) is 1. The molecule has 0 saturated carbocycles. The van der Waals surface area contributed by atoms with Gasteiger partial charge in [0.05, 0.1) is 11.8 Å². The summed E-state index contributed by atoms with van der Waals surface area (Å²) in [4.78, 5) is 12.5. The number of halogens is 1. The topological polar surface area (TPSA) is 95.1 Å². The minimum absolute atomic E-state index is 0.0310. The van der Waals surface area contributed by atoms with Crippen LogP contribution in [0.3, 0.4) is 0 Å². The molecule has 0 aliphatic heterocycles. The lowest BCUT2D eigenvalue weighted by Crippen LogP contribution is -2.32. The third kappa shape index (κ3) is 4.56.